The molecule has 0 aliphatic rings. The van der Waals surface area contributed by atoms with Crippen molar-refractivity contribution in [2.45, 2.75) is 115 Å². The van der Waals surface area contributed by atoms with Crippen molar-refractivity contribution in [2.75, 3.05) is 13.2 Å². The molecule has 0 aromatic heterocycles. The molecule has 0 saturated heterocycles. The molecule has 0 saturated carbocycles. The van der Waals surface area contributed by atoms with Crippen molar-refractivity contribution >= 4 is 29.6 Å². The van der Waals surface area contributed by atoms with Crippen molar-refractivity contribution in [3.05, 3.63) is 42.0 Å². The lowest BCUT2D eigenvalue weighted by molar-refractivity contribution is -0.172. The van der Waals surface area contributed by atoms with E-state index in [1.807, 2.05) is 0 Å². The van der Waals surface area contributed by atoms with Gasteiger partial charge in [0.25, 0.3) is 0 Å². The summed E-state index contributed by atoms with van der Waals surface area (Å²) in [5.74, 6) is -7.16. The molecule has 1 rings (SSSR count). The number of carbonyl (C=O) groups excluding carboxylic acids is 2. The van der Waals surface area contributed by atoms with Gasteiger partial charge in [0.2, 0.25) is 5.91 Å². The van der Waals surface area contributed by atoms with E-state index in [0.717, 1.165) is 51.0 Å². The van der Waals surface area contributed by atoms with E-state index in [4.69, 9.17) is 10.5 Å². The van der Waals surface area contributed by atoms with Gasteiger partial charge in [0.1, 0.15) is 17.6 Å². The molecule has 0 aliphatic carbocycles. The zero-order chi connectivity index (χ0) is 34.4. The number of ketones is 1. The minimum atomic E-state index is -3.02. The van der Waals surface area contributed by atoms with Crippen molar-refractivity contribution in [1.29, 1.82) is 0 Å². The van der Waals surface area contributed by atoms with E-state index in [1.165, 1.54) is 12.5 Å². The summed E-state index contributed by atoms with van der Waals surface area (Å²) in [6.07, 6.45) is 11.9. The van der Waals surface area contributed by atoms with Crippen LogP contribution >= 0.6 is 0 Å². The van der Waals surface area contributed by atoms with Gasteiger partial charge in [0.15, 0.2) is 5.60 Å². The number of hydrogen-bond donors (Lipinski definition) is 6. The molecule has 1 aromatic carbocycles. The molecule has 0 unspecified atom stereocenters. The smallest absolute Gasteiger partial charge is 0.337 e. The minimum Gasteiger partial charge on any atom is -0.494 e. The lowest BCUT2D eigenvalue weighted by atomic mass is 9.82. The van der Waals surface area contributed by atoms with Gasteiger partial charge in [-0.2, -0.15) is 0 Å². The van der Waals surface area contributed by atoms with Crippen LogP contribution in [0.15, 0.2) is 36.4 Å². The van der Waals surface area contributed by atoms with Gasteiger partial charge in [-0.25, -0.2) is 9.59 Å². The van der Waals surface area contributed by atoms with Crippen molar-refractivity contribution in [1.82, 2.24) is 5.32 Å². The zero-order valence-electron chi connectivity index (χ0n) is 27.0. The molecule has 1 amide bonds. The topological polar surface area (TPSA) is 214 Å². The number of amides is 1. The molecule has 0 bridgehead atoms. The molecule has 7 N–H and O–H groups in total. The fourth-order valence-electron chi connectivity index (χ4n) is 4.93. The quantitative estimate of drug-likeness (QED) is 0.0585. The average molecular weight is 649 g/mol. The highest BCUT2D eigenvalue weighted by atomic mass is 16.5. The molecule has 0 radical (unpaired) electrons. The molecule has 0 fully saturated rings. The van der Waals surface area contributed by atoms with E-state index in [0.29, 0.717) is 56.6 Å². The van der Waals surface area contributed by atoms with Crippen LogP contribution in [0, 0.1) is 5.92 Å². The molecule has 12 nitrogen and oxygen atoms in total. The van der Waals surface area contributed by atoms with Crippen molar-refractivity contribution < 1.29 is 49.1 Å². The summed E-state index contributed by atoms with van der Waals surface area (Å²) in [5.41, 5.74) is 2.97. The van der Waals surface area contributed by atoms with Gasteiger partial charge in [-0.05, 0) is 56.3 Å². The number of rotatable bonds is 27. The Morgan fingerprint density at radius 2 is 1.50 bits per heavy atom. The van der Waals surface area contributed by atoms with Crippen LogP contribution in [0.4, 0.5) is 0 Å². The first kappa shape index (κ1) is 40.3. The second-order valence-electron chi connectivity index (χ2n) is 11.6. The first-order valence-corrected chi connectivity index (χ1v) is 16.3. The van der Waals surface area contributed by atoms with Crippen LogP contribution < -0.4 is 15.8 Å². The lowest BCUT2D eigenvalue weighted by Crippen LogP contribution is -2.55. The number of unbranched alkanes of at least 4 members (excludes halogenated alkanes) is 8. The molecule has 0 spiro atoms. The number of carbonyl (C=O) groups is 5. The number of benzene rings is 1. The normalized spacial score (nSPS) is 13.9. The maximum absolute atomic E-state index is 13.3. The predicted molar refractivity (Wildman–Crippen MR) is 172 cm³/mol. The maximum Gasteiger partial charge on any atom is 0.337 e. The first-order valence-electron chi connectivity index (χ1n) is 16.3. The summed E-state index contributed by atoms with van der Waals surface area (Å²) in [7, 11) is 0. The third kappa shape index (κ3) is 16.0. The van der Waals surface area contributed by atoms with Gasteiger partial charge in [-0.15, -0.1) is 0 Å². The van der Waals surface area contributed by atoms with E-state index >= 15 is 0 Å². The van der Waals surface area contributed by atoms with Crippen LogP contribution in [-0.4, -0.2) is 74.8 Å². The van der Waals surface area contributed by atoms with Crippen LogP contribution in [0.3, 0.4) is 0 Å². The number of hydrogen-bond acceptors (Lipinski definition) is 8. The monoisotopic (exact) mass is 648 g/mol. The van der Waals surface area contributed by atoms with E-state index in [1.54, 1.807) is 24.3 Å². The van der Waals surface area contributed by atoms with Gasteiger partial charge >= 0.3 is 17.9 Å². The fraction of sp³-hybridized carbons (Fsp3) is 0.618. The standard InChI is InChI=1S/C34H52N2O10/c1-2-3-4-7-10-14-26(37)15-11-8-5-6-9-12-16-28(34(45,33(43)44)24-30(38)39)31(40)36-29(32(41)42)23-25-17-19-27(20-18-25)46-22-13-21-35/h12,16-20,28-29,45H,2-11,13-15,21-24,35H2,1H3,(H,36,40)(H,38,39)(H,41,42)(H,43,44)/b16-12+/t28-,29-,34-/m0/s1. The molecule has 1 aromatic rings. The number of aliphatic carboxylic acids is 3. The average Bonchev–Trinajstić information content (AvgIpc) is 3.00. The van der Waals surface area contributed by atoms with E-state index in [2.05, 4.69) is 12.2 Å². The van der Waals surface area contributed by atoms with Gasteiger partial charge in [0, 0.05) is 19.3 Å². The molecule has 3 atom stereocenters. The number of carboxylic acid groups (broad SMARTS) is 3. The SMILES string of the molecule is CCCCCCCC(=O)CCCCCC/C=C/[C@@H](C(=O)N[C@@H](Cc1ccc(OCCCN)cc1)C(=O)O)[C@@](O)(CC(=O)O)C(=O)O. The van der Waals surface area contributed by atoms with Crippen molar-refractivity contribution in [3.8, 4) is 5.75 Å². The molecular weight excluding hydrogens is 596 g/mol. The summed E-state index contributed by atoms with van der Waals surface area (Å²) < 4.78 is 5.53. The lowest BCUT2D eigenvalue weighted by Gasteiger charge is -2.29. The van der Waals surface area contributed by atoms with Gasteiger partial charge < -0.3 is 36.2 Å². The molecule has 12 heteroatoms. The molecule has 0 aliphatic heterocycles. The maximum atomic E-state index is 13.3. The first-order chi connectivity index (χ1) is 21.9. The van der Waals surface area contributed by atoms with Crippen LogP contribution in [0.1, 0.15) is 102 Å². The molecule has 0 heterocycles. The predicted octanol–water partition coefficient (Wildman–Crippen LogP) is 4.26. The number of ether oxygens (including phenoxy) is 1. The van der Waals surface area contributed by atoms with Crippen LogP contribution in [0.2, 0.25) is 0 Å². The third-order valence-electron chi connectivity index (χ3n) is 7.65. The summed E-state index contributed by atoms with van der Waals surface area (Å²) >= 11 is 0. The fourth-order valence-corrected chi connectivity index (χ4v) is 4.93. The Labute approximate surface area is 271 Å². The van der Waals surface area contributed by atoms with Crippen LogP contribution in [0.5, 0.6) is 5.75 Å². The molecule has 46 heavy (non-hydrogen) atoms. The van der Waals surface area contributed by atoms with E-state index < -0.39 is 47.8 Å². The Balaban J connectivity index is 2.81. The number of aliphatic hydroxyl groups is 1. The third-order valence-corrected chi connectivity index (χ3v) is 7.65. The number of Topliss-reactive ketones (excluding diaryl/α,β-unsaturated/α-hetero) is 1. The summed E-state index contributed by atoms with van der Waals surface area (Å²) in [4.78, 5) is 60.8. The Bertz CT molecular complexity index is 1120. The minimum absolute atomic E-state index is 0.160. The summed E-state index contributed by atoms with van der Waals surface area (Å²) in [5, 5.41) is 42.0. The van der Waals surface area contributed by atoms with Gasteiger partial charge in [-0.3, -0.25) is 14.4 Å². The molecular formula is C34H52N2O10. The highest BCUT2D eigenvalue weighted by Gasteiger charge is 2.49. The molecule has 258 valence electrons. The summed E-state index contributed by atoms with van der Waals surface area (Å²) in [6, 6.07) is 5.04. The zero-order valence-corrected chi connectivity index (χ0v) is 27.0. The Morgan fingerprint density at radius 1 is 0.891 bits per heavy atom. The Kier molecular flexibility index (Phi) is 19.9. The largest absolute Gasteiger partial charge is 0.494 e. The van der Waals surface area contributed by atoms with Gasteiger partial charge in [-0.1, -0.05) is 69.7 Å². The number of nitrogens with one attached hydrogen (secondary N) is 1. The van der Waals surface area contributed by atoms with E-state index in [-0.39, 0.29) is 12.2 Å². The Morgan fingerprint density at radius 3 is 2.04 bits per heavy atom. The second kappa shape index (κ2) is 22.7. The van der Waals surface area contributed by atoms with Crippen LogP contribution in [0.25, 0.3) is 0 Å². The summed E-state index contributed by atoms with van der Waals surface area (Å²) in [6.45, 7) is 3.04. The highest BCUT2D eigenvalue weighted by molar-refractivity contribution is 5.94. The highest BCUT2D eigenvalue weighted by Crippen LogP contribution is 2.26. The number of allylic oxidation sites excluding steroid dienone is 1. The van der Waals surface area contributed by atoms with Crippen molar-refractivity contribution in [3.63, 3.8) is 0 Å². The Hall–Kier alpha value is -3.77. The number of nitrogens with two attached hydrogens (primary N) is 1. The second-order valence-corrected chi connectivity index (χ2v) is 11.6. The van der Waals surface area contributed by atoms with Gasteiger partial charge in [0.05, 0.1) is 18.9 Å². The number of carboxylic acids is 3. The van der Waals surface area contributed by atoms with Crippen molar-refractivity contribution in [2.24, 2.45) is 11.7 Å². The van der Waals surface area contributed by atoms with Crippen LogP contribution in [-0.2, 0) is 30.4 Å². The van der Waals surface area contributed by atoms with E-state index in [9.17, 15) is 44.4 Å².